The third-order valence-electron chi connectivity index (χ3n) is 4.90. The number of aromatic hydroxyl groups is 1. The lowest BCUT2D eigenvalue weighted by atomic mass is 9.95. The number of hydrogen-bond acceptors (Lipinski definition) is 5. The van der Waals surface area contributed by atoms with Gasteiger partial charge in [-0.15, -0.1) is 0 Å². The number of phenolic OH excluding ortho intramolecular Hbond substituents is 1. The first-order chi connectivity index (χ1) is 14.3. The zero-order valence-electron chi connectivity index (χ0n) is 17.5. The van der Waals surface area contributed by atoms with Crippen molar-refractivity contribution in [1.29, 1.82) is 0 Å². The number of nitrogens with zero attached hydrogens (tertiary/aromatic N) is 1. The van der Waals surface area contributed by atoms with Crippen LogP contribution >= 0.6 is 0 Å². The molecule has 6 nitrogen and oxygen atoms in total. The minimum absolute atomic E-state index is 0.0418. The van der Waals surface area contributed by atoms with Crippen LogP contribution in [0, 0.1) is 5.92 Å². The highest BCUT2D eigenvalue weighted by Gasteiger charge is 2.45. The van der Waals surface area contributed by atoms with E-state index in [-0.39, 0.29) is 17.1 Å². The number of rotatable bonds is 7. The molecule has 30 heavy (non-hydrogen) atoms. The molecule has 2 aromatic carbocycles. The Morgan fingerprint density at radius 2 is 1.83 bits per heavy atom. The zero-order chi connectivity index (χ0) is 21.8. The second-order valence-electron chi connectivity index (χ2n) is 7.82. The predicted octanol–water partition coefficient (Wildman–Crippen LogP) is 4.26. The van der Waals surface area contributed by atoms with E-state index < -0.39 is 17.7 Å². The Morgan fingerprint density at radius 3 is 2.47 bits per heavy atom. The number of hydrogen-bond donors (Lipinski definition) is 2. The molecular formula is C24H27NO5. The summed E-state index contributed by atoms with van der Waals surface area (Å²) in [5.74, 6) is -0.578. The van der Waals surface area contributed by atoms with Gasteiger partial charge < -0.3 is 19.8 Å². The van der Waals surface area contributed by atoms with Crippen LogP contribution in [0.25, 0.3) is 5.76 Å². The number of benzene rings is 2. The van der Waals surface area contributed by atoms with Gasteiger partial charge in [0.25, 0.3) is 11.7 Å². The van der Waals surface area contributed by atoms with E-state index in [0.717, 1.165) is 0 Å². The van der Waals surface area contributed by atoms with Gasteiger partial charge in [0.2, 0.25) is 0 Å². The van der Waals surface area contributed by atoms with Crippen molar-refractivity contribution in [1.82, 2.24) is 4.90 Å². The fourth-order valence-corrected chi connectivity index (χ4v) is 3.51. The number of Topliss-reactive ketones (excluding diaryl/α,β-unsaturated/α-hetero) is 1. The first-order valence-electron chi connectivity index (χ1n) is 10.1. The lowest BCUT2D eigenvalue weighted by molar-refractivity contribution is -0.139. The number of carbonyl (C=O) groups is 2. The van der Waals surface area contributed by atoms with Crippen LogP contribution < -0.4 is 4.74 Å². The smallest absolute Gasteiger partial charge is 0.295 e. The normalized spacial score (nSPS) is 18.3. The lowest BCUT2D eigenvalue weighted by Gasteiger charge is -2.25. The molecule has 1 amide bonds. The van der Waals surface area contributed by atoms with Crippen LogP contribution in [0.5, 0.6) is 11.5 Å². The van der Waals surface area contributed by atoms with Crippen molar-refractivity contribution >= 4 is 17.4 Å². The van der Waals surface area contributed by atoms with Crippen LogP contribution in [0.15, 0.2) is 54.1 Å². The van der Waals surface area contributed by atoms with Crippen molar-refractivity contribution in [3.8, 4) is 11.5 Å². The maximum atomic E-state index is 12.9. The molecule has 1 aliphatic heterocycles. The molecule has 1 saturated heterocycles. The molecule has 1 unspecified atom stereocenters. The van der Waals surface area contributed by atoms with Crippen molar-refractivity contribution < 1.29 is 24.5 Å². The number of phenols is 1. The molecule has 2 N–H and O–H groups in total. The fourth-order valence-electron chi connectivity index (χ4n) is 3.51. The Balaban J connectivity index is 2.08. The summed E-state index contributed by atoms with van der Waals surface area (Å²) >= 11 is 0. The molecule has 0 saturated carbocycles. The van der Waals surface area contributed by atoms with E-state index in [9.17, 15) is 19.8 Å². The molecule has 3 rings (SSSR count). The van der Waals surface area contributed by atoms with Crippen LogP contribution in [-0.2, 0) is 9.59 Å². The molecule has 0 spiro atoms. The van der Waals surface area contributed by atoms with E-state index in [2.05, 4.69) is 0 Å². The van der Waals surface area contributed by atoms with Gasteiger partial charge in [-0.3, -0.25) is 9.59 Å². The van der Waals surface area contributed by atoms with E-state index in [1.54, 1.807) is 36.4 Å². The van der Waals surface area contributed by atoms with Gasteiger partial charge in [0.15, 0.2) is 0 Å². The van der Waals surface area contributed by atoms with E-state index in [1.165, 1.54) is 17.0 Å². The molecule has 1 fully saturated rings. The monoisotopic (exact) mass is 409 g/mol. The quantitative estimate of drug-likeness (QED) is 0.405. The molecule has 0 bridgehead atoms. The van der Waals surface area contributed by atoms with Crippen LogP contribution in [0.1, 0.15) is 44.4 Å². The molecule has 1 heterocycles. The van der Waals surface area contributed by atoms with Gasteiger partial charge >= 0.3 is 0 Å². The maximum Gasteiger partial charge on any atom is 0.295 e. The third kappa shape index (κ3) is 4.32. The average molecular weight is 409 g/mol. The zero-order valence-corrected chi connectivity index (χ0v) is 17.5. The van der Waals surface area contributed by atoms with Crippen LogP contribution in [0.4, 0.5) is 0 Å². The van der Waals surface area contributed by atoms with Crippen molar-refractivity contribution in [3.63, 3.8) is 0 Å². The number of amides is 1. The number of ketones is 1. The SMILES string of the molecule is CCCN1C(=O)C(=O)/C(=C(\O)c2cccc(OCC(C)C)c2)C1c1ccc(O)cc1. The summed E-state index contributed by atoms with van der Waals surface area (Å²) in [5, 5.41) is 20.7. The van der Waals surface area contributed by atoms with Gasteiger partial charge in [-0.25, -0.2) is 0 Å². The van der Waals surface area contributed by atoms with Crippen LogP contribution in [0.2, 0.25) is 0 Å². The highest BCUT2D eigenvalue weighted by atomic mass is 16.5. The largest absolute Gasteiger partial charge is 0.508 e. The molecule has 1 atom stereocenters. The van der Waals surface area contributed by atoms with E-state index in [4.69, 9.17) is 4.74 Å². The van der Waals surface area contributed by atoms with Gasteiger partial charge in [0.05, 0.1) is 18.2 Å². The molecule has 0 aromatic heterocycles. The standard InChI is InChI=1S/C24H27NO5/c1-4-12-25-21(16-8-10-18(26)11-9-16)20(23(28)24(25)29)22(27)17-6-5-7-19(13-17)30-14-15(2)3/h5-11,13,15,21,26-27H,4,12,14H2,1-3H3/b22-20-. The Kier molecular flexibility index (Phi) is 6.45. The Morgan fingerprint density at radius 1 is 1.13 bits per heavy atom. The number of likely N-dealkylation sites (tertiary alicyclic amines) is 1. The van der Waals surface area contributed by atoms with E-state index >= 15 is 0 Å². The highest BCUT2D eigenvalue weighted by molar-refractivity contribution is 6.46. The molecule has 0 aliphatic carbocycles. The topological polar surface area (TPSA) is 87.1 Å². The number of ether oxygens (including phenoxy) is 1. The minimum atomic E-state index is -0.717. The summed E-state index contributed by atoms with van der Waals surface area (Å²) in [5.41, 5.74) is 1.10. The second-order valence-corrected chi connectivity index (χ2v) is 7.82. The first-order valence-corrected chi connectivity index (χ1v) is 10.1. The Bertz CT molecular complexity index is 962. The van der Waals surface area contributed by atoms with Crippen LogP contribution in [-0.4, -0.2) is 40.0 Å². The summed E-state index contributed by atoms with van der Waals surface area (Å²) in [6, 6.07) is 12.5. The van der Waals surface area contributed by atoms with Gasteiger partial charge in [-0.05, 0) is 42.2 Å². The summed E-state index contributed by atoms with van der Waals surface area (Å²) in [6.45, 7) is 6.90. The highest BCUT2D eigenvalue weighted by Crippen LogP contribution is 2.40. The first kappa shape index (κ1) is 21.4. The van der Waals surface area contributed by atoms with Crippen molar-refractivity contribution in [2.75, 3.05) is 13.2 Å². The van der Waals surface area contributed by atoms with Crippen LogP contribution in [0.3, 0.4) is 0 Å². The molecule has 158 valence electrons. The van der Waals surface area contributed by atoms with E-state index in [1.807, 2.05) is 20.8 Å². The van der Waals surface area contributed by atoms with E-state index in [0.29, 0.717) is 42.4 Å². The minimum Gasteiger partial charge on any atom is -0.508 e. The van der Waals surface area contributed by atoms with Gasteiger partial charge in [-0.1, -0.05) is 45.0 Å². The van der Waals surface area contributed by atoms with Crippen molar-refractivity contribution in [3.05, 3.63) is 65.2 Å². The number of aliphatic hydroxyl groups excluding tert-OH is 1. The number of carbonyl (C=O) groups excluding carboxylic acids is 2. The molecule has 6 heteroatoms. The third-order valence-corrected chi connectivity index (χ3v) is 4.90. The second kappa shape index (κ2) is 9.03. The molecule has 2 aromatic rings. The van der Waals surface area contributed by atoms with Gasteiger partial charge in [0.1, 0.15) is 17.3 Å². The summed E-state index contributed by atoms with van der Waals surface area (Å²) in [4.78, 5) is 27.0. The summed E-state index contributed by atoms with van der Waals surface area (Å²) in [6.07, 6.45) is 0.667. The van der Waals surface area contributed by atoms with Gasteiger partial charge in [0, 0.05) is 12.1 Å². The summed E-state index contributed by atoms with van der Waals surface area (Å²) in [7, 11) is 0. The Hall–Kier alpha value is -3.28. The van der Waals surface area contributed by atoms with Crippen molar-refractivity contribution in [2.45, 2.75) is 33.2 Å². The molecule has 0 radical (unpaired) electrons. The number of aliphatic hydroxyl groups is 1. The fraction of sp³-hybridized carbons (Fsp3) is 0.333. The molecule has 1 aliphatic rings. The maximum absolute atomic E-state index is 12.9. The molecular weight excluding hydrogens is 382 g/mol. The summed E-state index contributed by atoms with van der Waals surface area (Å²) < 4.78 is 5.73. The predicted molar refractivity (Wildman–Crippen MR) is 114 cm³/mol. The van der Waals surface area contributed by atoms with Crippen molar-refractivity contribution in [2.24, 2.45) is 5.92 Å². The average Bonchev–Trinajstić information content (AvgIpc) is 2.98. The van der Waals surface area contributed by atoms with Gasteiger partial charge in [-0.2, -0.15) is 0 Å². The Labute approximate surface area is 176 Å². The lowest BCUT2D eigenvalue weighted by Crippen LogP contribution is -2.30.